The summed E-state index contributed by atoms with van der Waals surface area (Å²) in [6.45, 7) is 8.16. The number of aliphatic hydroxyl groups excluding tert-OH is 1. The van der Waals surface area contributed by atoms with Gasteiger partial charge in [-0.3, -0.25) is 13.8 Å². The van der Waals surface area contributed by atoms with Crippen LogP contribution >= 0.6 is 7.75 Å². The van der Waals surface area contributed by atoms with Crippen molar-refractivity contribution in [2.24, 2.45) is 5.41 Å². The molecular formula is C24H35N6O9P. The Bertz CT molecular complexity index is 1310. The number of nitrogen functional groups attached to an aromatic ring is 1. The van der Waals surface area contributed by atoms with Gasteiger partial charge in [0.1, 0.15) is 41.6 Å². The number of nitrogens with one attached hydrogen (secondary N) is 1. The highest BCUT2D eigenvalue weighted by atomic mass is 31.2. The lowest BCUT2D eigenvalue weighted by Crippen LogP contribution is -2.39. The number of aromatic nitrogens is 3. The molecule has 0 bridgehead atoms. The van der Waals surface area contributed by atoms with Crippen molar-refractivity contribution in [2.45, 2.75) is 78.1 Å². The largest absolute Gasteiger partial charge is 0.462 e. The number of rotatable bonds is 12. The fourth-order valence-electron chi connectivity index (χ4n) is 4.08. The molecule has 220 valence electrons. The van der Waals surface area contributed by atoms with Crippen LogP contribution in [0.3, 0.4) is 0 Å². The lowest BCUT2D eigenvalue weighted by Gasteiger charge is -2.25. The Morgan fingerprint density at radius 2 is 1.93 bits per heavy atom. The van der Waals surface area contributed by atoms with Crippen molar-refractivity contribution < 1.29 is 42.5 Å². The second-order valence-electron chi connectivity index (χ2n) is 10.0. The van der Waals surface area contributed by atoms with Gasteiger partial charge in [-0.05, 0) is 53.7 Å². The number of nitrogens with zero attached hydrogens (tertiary/aromatic N) is 4. The maximum atomic E-state index is 13.6. The van der Waals surface area contributed by atoms with E-state index in [1.807, 2.05) is 0 Å². The van der Waals surface area contributed by atoms with E-state index in [4.69, 9.17) is 29.0 Å². The zero-order valence-corrected chi connectivity index (χ0v) is 24.0. The summed E-state index contributed by atoms with van der Waals surface area (Å²) < 4.78 is 42.0. The van der Waals surface area contributed by atoms with Gasteiger partial charge >= 0.3 is 19.7 Å². The van der Waals surface area contributed by atoms with Crippen LogP contribution in [0.1, 0.15) is 53.3 Å². The van der Waals surface area contributed by atoms with Crippen molar-refractivity contribution in [3.8, 4) is 6.07 Å². The Morgan fingerprint density at radius 3 is 2.55 bits per heavy atom. The predicted molar refractivity (Wildman–Crippen MR) is 139 cm³/mol. The maximum absolute atomic E-state index is 13.6. The Morgan fingerprint density at radius 1 is 1.25 bits per heavy atom. The van der Waals surface area contributed by atoms with Crippen LogP contribution in [0.25, 0.3) is 5.52 Å². The first-order valence-electron chi connectivity index (χ1n) is 12.6. The SMILES string of the molecule is CC(C)OC(=O)COP(=O)(N[C@@H](C)C(=O)OC(C)C)OC[C@H]1O[C@@H](c2ccc3c(N)ncnn23)[C@](C)(C#N)[C@@H]1O. The van der Waals surface area contributed by atoms with Crippen LogP contribution in [0.2, 0.25) is 0 Å². The van der Waals surface area contributed by atoms with Crippen LogP contribution in [0, 0.1) is 16.7 Å². The second kappa shape index (κ2) is 12.6. The normalized spacial score (nSPS) is 25.1. The van der Waals surface area contributed by atoms with Gasteiger partial charge in [-0.2, -0.15) is 10.4 Å². The first-order valence-corrected chi connectivity index (χ1v) is 14.1. The quantitative estimate of drug-likeness (QED) is 0.240. The Kier molecular flexibility index (Phi) is 9.89. The third-order valence-corrected chi connectivity index (χ3v) is 7.69. The van der Waals surface area contributed by atoms with Crippen molar-refractivity contribution in [3.63, 3.8) is 0 Å². The molecule has 0 saturated carbocycles. The molecule has 1 unspecified atom stereocenters. The highest BCUT2D eigenvalue weighted by Gasteiger charge is 2.55. The molecule has 40 heavy (non-hydrogen) atoms. The molecular weight excluding hydrogens is 547 g/mol. The van der Waals surface area contributed by atoms with E-state index >= 15 is 0 Å². The van der Waals surface area contributed by atoms with E-state index in [0.717, 1.165) is 0 Å². The number of anilines is 1. The second-order valence-corrected chi connectivity index (χ2v) is 11.8. The molecule has 0 amide bonds. The zero-order valence-electron chi connectivity index (χ0n) is 23.1. The van der Waals surface area contributed by atoms with Gasteiger partial charge in [0.25, 0.3) is 0 Å². The standard InChI is InChI=1S/C24H35N6O9P/c1-13(2)37-19(31)10-36-40(34,29-15(5)23(33)38-14(3)4)35-9-18-20(32)24(6,11-25)21(39-18)16-7-8-17-22(26)27-12-28-30(16)17/h7-8,12-15,18,20-21,32H,9-10H2,1-6H3,(H,29,34)(H2,26,27,28)/t15-,18+,20+,21-,24+,40?/m0/s1. The smallest absolute Gasteiger partial charge is 0.406 e. The van der Waals surface area contributed by atoms with Gasteiger partial charge in [0.15, 0.2) is 12.4 Å². The Hall–Kier alpha value is -3.12. The van der Waals surface area contributed by atoms with Crippen LogP contribution in [0.15, 0.2) is 18.5 Å². The molecule has 15 nitrogen and oxygen atoms in total. The summed E-state index contributed by atoms with van der Waals surface area (Å²) in [7, 11) is -4.39. The van der Waals surface area contributed by atoms with Crippen LogP contribution in [-0.4, -0.2) is 75.3 Å². The number of nitrogens with two attached hydrogens (primary N) is 1. The number of carbonyl (C=O) groups is 2. The number of carbonyl (C=O) groups excluding carboxylic acids is 2. The van der Waals surface area contributed by atoms with Gasteiger partial charge in [0.2, 0.25) is 0 Å². The van der Waals surface area contributed by atoms with E-state index in [9.17, 15) is 24.5 Å². The van der Waals surface area contributed by atoms with Gasteiger partial charge in [-0.15, -0.1) is 0 Å². The van der Waals surface area contributed by atoms with Gasteiger partial charge in [0, 0.05) is 0 Å². The van der Waals surface area contributed by atoms with E-state index in [-0.39, 0.29) is 5.82 Å². The van der Waals surface area contributed by atoms with Gasteiger partial charge < -0.3 is 25.1 Å². The molecule has 3 rings (SSSR count). The van der Waals surface area contributed by atoms with Gasteiger partial charge in [-0.25, -0.2) is 23.9 Å². The fraction of sp³-hybridized carbons (Fsp3) is 0.625. The summed E-state index contributed by atoms with van der Waals surface area (Å²) in [6, 6.07) is 4.25. The molecule has 1 aliphatic heterocycles. The molecule has 2 aromatic heterocycles. The Balaban J connectivity index is 1.81. The highest BCUT2D eigenvalue weighted by Crippen LogP contribution is 2.50. The third kappa shape index (κ3) is 6.95. The fourth-order valence-corrected chi connectivity index (χ4v) is 5.50. The molecule has 0 aliphatic carbocycles. The number of fused-ring (bicyclic) bond motifs is 1. The summed E-state index contributed by atoms with van der Waals surface area (Å²) in [5, 5.41) is 27.7. The molecule has 1 saturated heterocycles. The van der Waals surface area contributed by atoms with Crippen molar-refractivity contribution in [3.05, 3.63) is 24.2 Å². The molecule has 16 heteroatoms. The van der Waals surface area contributed by atoms with E-state index in [1.54, 1.807) is 39.8 Å². The molecule has 3 heterocycles. The summed E-state index contributed by atoms with van der Waals surface area (Å²) in [6.07, 6.45) is -3.21. The number of ether oxygens (including phenoxy) is 3. The molecule has 0 spiro atoms. The summed E-state index contributed by atoms with van der Waals surface area (Å²) >= 11 is 0. The van der Waals surface area contributed by atoms with E-state index in [0.29, 0.717) is 11.2 Å². The van der Waals surface area contributed by atoms with Crippen LogP contribution in [0.4, 0.5) is 5.82 Å². The minimum atomic E-state index is -4.39. The summed E-state index contributed by atoms with van der Waals surface area (Å²) in [5.41, 5.74) is 5.35. The number of aliphatic hydroxyl groups is 1. The molecule has 0 radical (unpaired) electrons. The van der Waals surface area contributed by atoms with Crippen LogP contribution in [0.5, 0.6) is 0 Å². The minimum absolute atomic E-state index is 0.212. The minimum Gasteiger partial charge on any atom is -0.462 e. The number of hydrogen-bond donors (Lipinski definition) is 3. The zero-order chi connectivity index (χ0) is 29.8. The molecule has 2 aromatic rings. The molecule has 4 N–H and O–H groups in total. The summed E-state index contributed by atoms with van der Waals surface area (Å²) in [4.78, 5) is 28.3. The van der Waals surface area contributed by atoms with Crippen molar-refractivity contribution in [1.29, 1.82) is 5.26 Å². The van der Waals surface area contributed by atoms with Crippen LogP contribution < -0.4 is 10.8 Å². The Labute approximate surface area is 231 Å². The lowest BCUT2D eigenvalue weighted by atomic mass is 9.79. The average molecular weight is 583 g/mol. The van der Waals surface area contributed by atoms with E-state index < -0.39 is 74.9 Å². The van der Waals surface area contributed by atoms with Gasteiger partial charge in [-0.1, -0.05) is 0 Å². The first kappa shape index (κ1) is 31.4. The van der Waals surface area contributed by atoms with Crippen molar-refractivity contribution in [1.82, 2.24) is 19.7 Å². The first-order chi connectivity index (χ1) is 18.7. The topological polar surface area (TPSA) is 210 Å². The lowest BCUT2D eigenvalue weighted by molar-refractivity contribution is -0.150. The maximum Gasteiger partial charge on any atom is 0.406 e. The third-order valence-electron chi connectivity index (χ3n) is 6.03. The number of nitriles is 1. The number of esters is 2. The predicted octanol–water partition coefficient (Wildman–Crippen LogP) is 1.66. The van der Waals surface area contributed by atoms with Crippen LogP contribution in [-0.2, 0) is 37.4 Å². The van der Waals surface area contributed by atoms with E-state index in [1.165, 1.54) is 24.7 Å². The summed E-state index contributed by atoms with van der Waals surface area (Å²) in [5.74, 6) is -1.33. The van der Waals surface area contributed by atoms with Crippen molar-refractivity contribution >= 4 is 31.0 Å². The molecule has 1 fully saturated rings. The molecule has 0 aromatic carbocycles. The van der Waals surface area contributed by atoms with Gasteiger partial charge in [0.05, 0.1) is 30.6 Å². The number of hydrogen-bond acceptors (Lipinski definition) is 13. The van der Waals surface area contributed by atoms with Crippen molar-refractivity contribution in [2.75, 3.05) is 18.9 Å². The average Bonchev–Trinajstić information content (AvgIpc) is 3.41. The molecule has 6 atom stereocenters. The monoisotopic (exact) mass is 582 g/mol. The highest BCUT2D eigenvalue weighted by molar-refractivity contribution is 7.51. The molecule has 1 aliphatic rings. The van der Waals surface area contributed by atoms with E-state index in [2.05, 4.69) is 21.2 Å².